The molecule has 0 aromatic rings. The van der Waals surface area contributed by atoms with Gasteiger partial charge in [0, 0.05) is 6.54 Å². The number of rotatable bonds is 6. The number of hydrogen-bond acceptors (Lipinski definition) is 3. The summed E-state index contributed by atoms with van der Waals surface area (Å²) in [5.74, 6) is 0.298. The van der Waals surface area contributed by atoms with Crippen LogP contribution in [-0.2, 0) is 4.79 Å². The lowest BCUT2D eigenvalue weighted by Crippen LogP contribution is -2.42. The lowest BCUT2D eigenvalue weighted by molar-refractivity contribution is -0.122. The molecule has 0 rings (SSSR count). The lowest BCUT2D eigenvalue weighted by Gasteiger charge is -2.14. The molecule has 2 atom stereocenters. The highest BCUT2D eigenvalue weighted by Crippen LogP contribution is 2.02. The van der Waals surface area contributed by atoms with Crippen LogP contribution in [0, 0.1) is 5.92 Å². The van der Waals surface area contributed by atoms with Crippen molar-refractivity contribution in [2.75, 3.05) is 6.54 Å². The van der Waals surface area contributed by atoms with E-state index in [1.165, 1.54) is 0 Å². The largest absolute Gasteiger partial charge is 0.393 e. The zero-order chi connectivity index (χ0) is 11.1. The molecule has 1 amide bonds. The maximum Gasteiger partial charge on any atom is 0.236 e. The molecule has 0 aliphatic rings. The Morgan fingerprint density at radius 2 is 2.00 bits per heavy atom. The van der Waals surface area contributed by atoms with Crippen LogP contribution in [0.1, 0.15) is 33.6 Å². The van der Waals surface area contributed by atoms with E-state index in [0.717, 1.165) is 0 Å². The van der Waals surface area contributed by atoms with Gasteiger partial charge in [-0.1, -0.05) is 13.8 Å². The SMILES string of the molecule is CC(C)C[C@H](N)C(=O)NCCC(C)O. The van der Waals surface area contributed by atoms with Crippen LogP contribution in [0.3, 0.4) is 0 Å². The van der Waals surface area contributed by atoms with Gasteiger partial charge >= 0.3 is 0 Å². The van der Waals surface area contributed by atoms with Crippen molar-refractivity contribution in [2.45, 2.75) is 45.8 Å². The van der Waals surface area contributed by atoms with Gasteiger partial charge in [-0.3, -0.25) is 4.79 Å². The first kappa shape index (κ1) is 13.4. The van der Waals surface area contributed by atoms with Gasteiger partial charge in [0.05, 0.1) is 12.1 Å². The fourth-order valence-electron chi connectivity index (χ4n) is 1.15. The summed E-state index contributed by atoms with van der Waals surface area (Å²) in [6, 6.07) is -0.427. The van der Waals surface area contributed by atoms with E-state index in [4.69, 9.17) is 10.8 Å². The number of aliphatic hydroxyl groups is 1. The first-order valence-corrected chi connectivity index (χ1v) is 5.14. The number of carbonyl (C=O) groups is 1. The van der Waals surface area contributed by atoms with E-state index in [2.05, 4.69) is 5.32 Å². The lowest BCUT2D eigenvalue weighted by atomic mass is 10.0. The van der Waals surface area contributed by atoms with E-state index in [1.54, 1.807) is 6.92 Å². The van der Waals surface area contributed by atoms with Crippen LogP contribution in [0.2, 0.25) is 0 Å². The topological polar surface area (TPSA) is 75.4 Å². The molecule has 0 heterocycles. The van der Waals surface area contributed by atoms with E-state index in [1.807, 2.05) is 13.8 Å². The van der Waals surface area contributed by atoms with E-state index >= 15 is 0 Å². The minimum absolute atomic E-state index is 0.126. The van der Waals surface area contributed by atoms with Crippen molar-refractivity contribution in [3.05, 3.63) is 0 Å². The summed E-state index contributed by atoms with van der Waals surface area (Å²) in [6.45, 7) is 6.24. The van der Waals surface area contributed by atoms with Gasteiger partial charge in [0.15, 0.2) is 0 Å². The Morgan fingerprint density at radius 1 is 1.43 bits per heavy atom. The van der Waals surface area contributed by atoms with Gasteiger partial charge < -0.3 is 16.2 Å². The van der Waals surface area contributed by atoms with Crippen molar-refractivity contribution in [3.63, 3.8) is 0 Å². The third-order valence-corrected chi connectivity index (χ3v) is 1.92. The monoisotopic (exact) mass is 202 g/mol. The number of nitrogens with one attached hydrogen (secondary N) is 1. The summed E-state index contributed by atoms with van der Waals surface area (Å²) in [5.41, 5.74) is 5.66. The van der Waals surface area contributed by atoms with Crippen LogP contribution in [0.5, 0.6) is 0 Å². The third kappa shape index (κ3) is 6.86. The van der Waals surface area contributed by atoms with Crippen LogP contribution in [0.4, 0.5) is 0 Å². The second-order valence-corrected chi connectivity index (χ2v) is 4.16. The van der Waals surface area contributed by atoms with E-state index in [9.17, 15) is 4.79 Å². The molecule has 0 aromatic heterocycles. The predicted octanol–water partition coefficient (Wildman–Crippen LogP) is 0.247. The van der Waals surface area contributed by atoms with Gasteiger partial charge in [-0.15, -0.1) is 0 Å². The fraction of sp³-hybridized carbons (Fsp3) is 0.900. The summed E-state index contributed by atoms with van der Waals surface area (Å²) in [4.78, 5) is 11.3. The van der Waals surface area contributed by atoms with Crippen LogP contribution in [0.25, 0.3) is 0 Å². The number of nitrogens with two attached hydrogens (primary N) is 1. The second kappa shape index (κ2) is 6.79. The second-order valence-electron chi connectivity index (χ2n) is 4.16. The van der Waals surface area contributed by atoms with Crippen molar-refractivity contribution in [2.24, 2.45) is 11.7 Å². The molecule has 0 aromatic carbocycles. The standard InChI is InChI=1S/C10H22N2O2/c1-7(2)6-9(11)10(14)12-5-4-8(3)13/h7-9,13H,4-6,11H2,1-3H3,(H,12,14)/t8?,9-/m0/s1. The summed E-state index contributed by atoms with van der Waals surface area (Å²) in [6.07, 6.45) is 0.886. The number of amides is 1. The van der Waals surface area contributed by atoms with Crippen molar-refractivity contribution in [3.8, 4) is 0 Å². The minimum Gasteiger partial charge on any atom is -0.393 e. The first-order valence-electron chi connectivity index (χ1n) is 5.14. The molecule has 4 N–H and O–H groups in total. The molecule has 0 aliphatic heterocycles. The van der Waals surface area contributed by atoms with Crippen molar-refractivity contribution in [1.82, 2.24) is 5.32 Å². The van der Waals surface area contributed by atoms with Crippen LogP contribution < -0.4 is 11.1 Å². The highest BCUT2D eigenvalue weighted by Gasteiger charge is 2.14. The van der Waals surface area contributed by atoms with Crippen LogP contribution in [0.15, 0.2) is 0 Å². The van der Waals surface area contributed by atoms with E-state index < -0.39 is 6.04 Å². The van der Waals surface area contributed by atoms with Gasteiger partial charge in [0.25, 0.3) is 0 Å². The molecule has 0 radical (unpaired) electrons. The van der Waals surface area contributed by atoms with Gasteiger partial charge in [-0.25, -0.2) is 0 Å². The number of carbonyl (C=O) groups excluding carboxylic acids is 1. The third-order valence-electron chi connectivity index (χ3n) is 1.92. The molecule has 14 heavy (non-hydrogen) atoms. The quantitative estimate of drug-likeness (QED) is 0.578. The molecule has 84 valence electrons. The summed E-state index contributed by atoms with van der Waals surface area (Å²) in [5, 5.41) is 11.7. The predicted molar refractivity (Wildman–Crippen MR) is 56.7 cm³/mol. The Balaban J connectivity index is 3.62. The normalized spacial score (nSPS) is 15.3. The number of aliphatic hydroxyl groups excluding tert-OH is 1. The zero-order valence-corrected chi connectivity index (χ0v) is 9.29. The Hall–Kier alpha value is -0.610. The molecular formula is C10H22N2O2. The average Bonchev–Trinajstić information content (AvgIpc) is 2.01. The summed E-state index contributed by atoms with van der Waals surface area (Å²) >= 11 is 0. The molecule has 0 fully saturated rings. The van der Waals surface area contributed by atoms with Crippen LogP contribution >= 0.6 is 0 Å². The minimum atomic E-state index is -0.427. The maximum atomic E-state index is 11.3. The van der Waals surface area contributed by atoms with Crippen LogP contribution in [-0.4, -0.2) is 29.7 Å². The Labute approximate surface area is 85.9 Å². The molecule has 0 saturated heterocycles. The molecule has 4 nitrogen and oxygen atoms in total. The van der Waals surface area contributed by atoms with Crippen molar-refractivity contribution >= 4 is 5.91 Å². The molecular weight excluding hydrogens is 180 g/mol. The van der Waals surface area contributed by atoms with E-state index in [-0.39, 0.29) is 12.0 Å². The molecule has 1 unspecified atom stereocenters. The zero-order valence-electron chi connectivity index (χ0n) is 9.29. The number of hydrogen-bond donors (Lipinski definition) is 3. The molecule has 0 spiro atoms. The highest BCUT2D eigenvalue weighted by molar-refractivity contribution is 5.81. The van der Waals surface area contributed by atoms with Gasteiger partial charge in [-0.2, -0.15) is 0 Å². The Morgan fingerprint density at radius 3 is 2.43 bits per heavy atom. The highest BCUT2D eigenvalue weighted by atomic mass is 16.3. The van der Waals surface area contributed by atoms with E-state index in [0.29, 0.717) is 25.3 Å². The van der Waals surface area contributed by atoms with Gasteiger partial charge in [0.2, 0.25) is 5.91 Å². The van der Waals surface area contributed by atoms with Crippen molar-refractivity contribution in [1.29, 1.82) is 0 Å². The smallest absolute Gasteiger partial charge is 0.236 e. The van der Waals surface area contributed by atoms with Gasteiger partial charge in [-0.05, 0) is 25.7 Å². The summed E-state index contributed by atoms with van der Waals surface area (Å²) < 4.78 is 0. The van der Waals surface area contributed by atoms with Gasteiger partial charge in [0.1, 0.15) is 0 Å². The Kier molecular flexibility index (Phi) is 6.49. The molecule has 0 aliphatic carbocycles. The Bertz CT molecular complexity index is 170. The van der Waals surface area contributed by atoms with Crippen molar-refractivity contribution < 1.29 is 9.90 Å². The molecule has 4 heteroatoms. The molecule has 0 bridgehead atoms. The summed E-state index contributed by atoms with van der Waals surface area (Å²) in [7, 11) is 0. The maximum absolute atomic E-state index is 11.3. The molecule has 0 saturated carbocycles. The first-order chi connectivity index (χ1) is 6.43. The fourth-order valence-corrected chi connectivity index (χ4v) is 1.15. The average molecular weight is 202 g/mol.